The molecule has 5 heteroatoms. The van der Waals surface area contributed by atoms with Gasteiger partial charge in [-0.05, 0) is 67.4 Å². The Kier molecular flexibility index (Phi) is 8.40. The molecular weight excluding hydrogens is 450 g/mol. The fourth-order valence-electron chi connectivity index (χ4n) is 7.28. The first-order chi connectivity index (χ1) is 16.3. The van der Waals surface area contributed by atoms with E-state index in [0.717, 1.165) is 31.2 Å². The Hall–Kier alpha value is -1.88. The molecule has 0 aromatic heterocycles. The molecule has 1 amide bonds. The summed E-state index contributed by atoms with van der Waals surface area (Å²) in [6.07, 6.45) is 3.84. The van der Waals surface area contributed by atoms with Crippen LogP contribution >= 0.6 is 0 Å². The van der Waals surface area contributed by atoms with E-state index in [0.29, 0.717) is 23.2 Å². The van der Waals surface area contributed by atoms with Gasteiger partial charge in [0.05, 0.1) is 8.07 Å². The summed E-state index contributed by atoms with van der Waals surface area (Å²) in [7, 11) is -2.18. The van der Waals surface area contributed by atoms with Gasteiger partial charge in [0.15, 0.2) is 5.78 Å². The summed E-state index contributed by atoms with van der Waals surface area (Å²) in [4.78, 5) is 30.1. The summed E-state index contributed by atoms with van der Waals surface area (Å²) in [6.45, 7) is 20.0. The molecule has 194 valence electrons. The van der Waals surface area contributed by atoms with Crippen LogP contribution in [0.5, 0.6) is 0 Å². The molecule has 0 unspecified atom stereocenters. The fourth-order valence-corrected chi connectivity index (χ4v) is 14.5. The Morgan fingerprint density at radius 2 is 1.57 bits per heavy atom. The number of amides is 1. The number of rotatable bonds is 7. The lowest BCUT2D eigenvalue weighted by Gasteiger charge is -2.45. The van der Waals surface area contributed by atoms with Crippen molar-refractivity contribution < 1.29 is 14.3 Å². The van der Waals surface area contributed by atoms with Crippen molar-refractivity contribution in [2.75, 3.05) is 0 Å². The second-order valence-corrected chi connectivity index (χ2v) is 18.4. The van der Waals surface area contributed by atoms with E-state index < -0.39 is 19.7 Å². The molecule has 2 aliphatic carbocycles. The number of fused-ring (bicyclic) bond motifs is 1. The average Bonchev–Trinajstić information content (AvgIpc) is 3.03. The molecule has 0 spiro atoms. The molecule has 2 aliphatic rings. The highest BCUT2D eigenvalue weighted by Gasteiger charge is 2.57. The van der Waals surface area contributed by atoms with Crippen molar-refractivity contribution >= 4 is 20.0 Å². The van der Waals surface area contributed by atoms with Gasteiger partial charge in [0.1, 0.15) is 11.6 Å². The first-order valence-corrected chi connectivity index (χ1v) is 15.9. The lowest BCUT2D eigenvalue weighted by atomic mass is 9.83. The van der Waals surface area contributed by atoms with Gasteiger partial charge < -0.3 is 4.74 Å². The van der Waals surface area contributed by atoms with E-state index in [2.05, 4.69) is 41.5 Å². The largest absolute Gasteiger partial charge is 0.444 e. The Labute approximate surface area is 214 Å². The van der Waals surface area contributed by atoms with Crippen molar-refractivity contribution in [1.29, 1.82) is 0 Å². The number of benzene rings is 1. The monoisotopic (exact) mass is 497 g/mol. The summed E-state index contributed by atoms with van der Waals surface area (Å²) in [5.41, 5.74) is 3.16. The molecule has 1 saturated carbocycles. The van der Waals surface area contributed by atoms with Crippen LogP contribution in [0.4, 0.5) is 4.79 Å². The van der Waals surface area contributed by atoms with Crippen molar-refractivity contribution in [2.24, 2.45) is 5.92 Å². The molecule has 0 saturated heterocycles. The predicted molar refractivity (Wildman–Crippen MR) is 147 cm³/mol. The molecule has 2 atom stereocenters. The van der Waals surface area contributed by atoms with Gasteiger partial charge in [0.25, 0.3) is 0 Å². The summed E-state index contributed by atoms with van der Waals surface area (Å²) in [6, 6.07) is 9.56. The maximum atomic E-state index is 14.7. The van der Waals surface area contributed by atoms with E-state index in [-0.39, 0.29) is 17.8 Å². The molecule has 0 aliphatic heterocycles. The van der Waals surface area contributed by atoms with Crippen molar-refractivity contribution in [3.63, 3.8) is 0 Å². The number of hydrogen-bond donors (Lipinski definition) is 0. The van der Waals surface area contributed by atoms with Gasteiger partial charge in [-0.15, -0.1) is 0 Å². The van der Waals surface area contributed by atoms with Crippen molar-refractivity contribution in [3.8, 4) is 0 Å². The van der Waals surface area contributed by atoms with E-state index in [1.165, 1.54) is 10.8 Å². The van der Waals surface area contributed by atoms with Gasteiger partial charge in [-0.2, -0.15) is 0 Å². The lowest BCUT2D eigenvalue weighted by Crippen LogP contribution is -2.53. The molecule has 3 rings (SSSR count). The zero-order valence-corrected chi connectivity index (χ0v) is 24.5. The van der Waals surface area contributed by atoms with Crippen LogP contribution in [0.3, 0.4) is 0 Å². The average molecular weight is 498 g/mol. The van der Waals surface area contributed by atoms with Crippen molar-refractivity contribution in [3.05, 3.63) is 46.7 Å². The third-order valence-corrected chi connectivity index (χ3v) is 15.5. The molecule has 0 heterocycles. The Bertz CT molecular complexity index is 920. The minimum atomic E-state index is -2.18. The van der Waals surface area contributed by atoms with Gasteiger partial charge >= 0.3 is 6.09 Å². The van der Waals surface area contributed by atoms with Crippen LogP contribution in [0.25, 0.3) is 0 Å². The maximum absolute atomic E-state index is 14.7. The van der Waals surface area contributed by atoms with Crippen LogP contribution in [-0.2, 0) is 16.1 Å². The van der Waals surface area contributed by atoms with Gasteiger partial charge in [-0.1, -0.05) is 83.9 Å². The van der Waals surface area contributed by atoms with E-state index in [1.54, 1.807) is 4.90 Å². The zero-order valence-electron chi connectivity index (χ0n) is 23.5. The molecule has 1 aromatic rings. The highest BCUT2D eigenvalue weighted by Crippen LogP contribution is 2.54. The first kappa shape index (κ1) is 27.7. The number of ether oxygens (including phenoxy) is 1. The third-order valence-electron chi connectivity index (χ3n) is 8.33. The molecule has 0 bridgehead atoms. The second kappa shape index (κ2) is 10.6. The van der Waals surface area contributed by atoms with Gasteiger partial charge in [0.2, 0.25) is 0 Å². The van der Waals surface area contributed by atoms with Gasteiger partial charge in [-0.3, -0.25) is 9.69 Å². The molecule has 1 aromatic carbocycles. The van der Waals surface area contributed by atoms with Crippen LogP contribution in [0, 0.1) is 5.92 Å². The minimum absolute atomic E-state index is 0.116. The quantitative estimate of drug-likeness (QED) is 0.358. The van der Waals surface area contributed by atoms with Gasteiger partial charge in [-0.25, -0.2) is 4.79 Å². The smallest absolute Gasteiger partial charge is 0.411 e. The number of carbonyl (C=O) groups is 2. The standard InChI is InChI=1S/C30H47NO3Si/c1-20(2)35(21(3)4,22(5)6)28-25-18-14-13-17-24(25)26(27(28)32)31(29(33)34-30(7,8)9)19-23-15-11-10-12-16-23/h10-12,15-16,20-22,24,26H,13-14,17-19H2,1-9H3/t24-,26-/m1/s1. The normalized spacial score (nSPS) is 21.2. The van der Waals surface area contributed by atoms with E-state index >= 15 is 0 Å². The molecule has 4 nitrogen and oxygen atoms in total. The number of carbonyl (C=O) groups excluding carboxylic acids is 2. The number of ketones is 1. The van der Waals surface area contributed by atoms with E-state index in [4.69, 9.17) is 4.74 Å². The molecule has 0 N–H and O–H groups in total. The fraction of sp³-hybridized carbons (Fsp3) is 0.667. The molecule has 0 radical (unpaired) electrons. The minimum Gasteiger partial charge on any atom is -0.444 e. The summed E-state index contributed by atoms with van der Waals surface area (Å²) in [5.74, 6) is 0.335. The summed E-state index contributed by atoms with van der Waals surface area (Å²) >= 11 is 0. The van der Waals surface area contributed by atoms with Crippen LogP contribution in [0.15, 0.2) is 41.1 Å². The van der Waals surface area contributed by atoms with Crippen LogP contribution < -0.4 is 0 Å². The van der Waals surface area contributed by atoms with Crippen molar-refractivity contribution in [2.45, 2.75) is 123 Å². The van der Waals surface area contributed by atoms with Crippen LogP contribution in [0.2, 0.25) is 16.6 Å². The van der Waals surface area contributed by atoms with Crippen molar-refractivity contribution in [1.82, 2.24) is 4.90 Å². The number of hydrogen-bond acceptors (Lipinski definition) is 3. The SMILES string of the molecule is CC(C)[Si](C1=C2CCCC[C@H]2[C@@H](N(Cc2ccccc2)C(=O)OC(C)(C)C)C1=O)(C(C)C)C(C)C. The van der Waals surface area contributed by atoms with Crippen LogP contribution in [-0.4, -0.2) is 36.5 Å². The topological polar surface area (TPSA) is 46.6 Å². The van der Waals surface area contributed by atoms with E-state index in [1.807, 2.05) is 51.1 Å². The predicted octanol–water partition coefficient (Wildman–Crippen LogP) is 8.08. The maximum Gasteiger partial charge on any atom is 0.411 e. The van der Waals surface area contributed by atoms with E-state index in [9.17, 15) is 9.59 Å². The molecule has 35 heavy (non-hydrogen) atoms. The summed E-state index contributed by atoms with van der Waals surface area (Å²) < 4.78 is 5.90. The Morgan fingerprint density at radius 1 is 1.00 bits per heavy atom. The number of nitrogens with zero attached hydrogens (tertiary/aromatic N) is 1. The lowest BCUT2D eigenvalue weighted by molar-refractivity contribution is -0.120. The zero-order chi connectivity index (χ0) is 26.1. The second-order valence-electron chi connectivity index (χ2n) is 12.6. The highest BCUT2D eigenvalue weighted by atomic mass is 28.3. The Morgan fingerprint density at radius 3 is 2.09 bits per heavy atom. The Balaban J connectivity index is 2.15. The third kappa shape index (κ3) is 5.30. The number of Topliss-reactive ketones (excluding diaryl/α,β-unsaturated/α-hetero) is 1. The first-order valence-electron chi connectivity index (χ1n) is 13.6. The summed E-state index contributed by atoms with van der Waals surface area (Å²) in [5, 5.41) is 1.17. The molecular formula is C30H47NO3Si. The van der Waals surface area contributed by atoms with Crippen LogP contribution in [0.1, 0.15) is 93.6 Å². The highest BCUT2D eigenvalue weighted by molar-refractivity contribution is 6.94. The molecule has 1 fully saturated rings. The van der Waals surface area contributed by atoms with Gasteiger partial charge in [0, 0.05) is 12.5 Å².